The van der Waals surface area contributed by atoms with Crippen LogP contribution < -0.4 is 15.8 Å². The van der Waals surface area contributed by atoms with Crippen molar-refractivity contribution in [2.75, 3.05) is 0 Å². The quantitative estimate of drug-likeness (QED) is 0.812. The Morgan fingerprint density at radius 1 is 1.50 bits per heavy atom. The number of benzene rings is 1. The molecule has 0 fully saturated rings. The lowest BCUT2D eigenvalue weighted by Gasteiger charge is -2.18. The zero-order valence-corrected chi connectivity index (χ0v) is 11.7. The van der Waals surface area contributed by atoms with E-state index in [4.69, 9.17) is 34.3 Å². The molecule has 0 saturated carbocycles. The van der Waals surface area contributed by atoms with Gasteiger partial charge in [-0.15, -0.1) is 0 Å². The first-order valence-corrected chi connectivity index (χ1v) is 6.20. The van der Waals surface area contributed by atoms with Crippen molar-refractivity contribution in [3.8, 4) is 5.75 Å². The second kappa shape index (κ2) is 6.56. The van der Waals surface area contributed by atoms with Crippen molar-refractivity contribution >= 4 is 34.7 Å². The molecule has 0 spiro atoms. The maximum Gasteiger partial charge on any atom is 0.261 e. The zero-order chi connectivity index (χ0) is 13.7. The molecule has 0 radical (unpaired) electrons. The van der Waals surface area contributed by atoms with E-state index in [1.54, 1.807) is 38.1 Å². The van der Waals surface area contributed by atoms with E-state index in [0.29, 0.717) is 10.8 Å². The molecule has 1 amide bonds. The molecule has 0 heterocycles. The summed E-state index contributed by atoms with van der Waals surface area (Å²) in [5.41, 5.74) is 5.42. The van der Waals surface area contributed by atoms with Crippen LogP contribution in [0.1, 0.15) is 13.8 Å². The summed E-state index contributed by atoms with van der Waals surface area (Å²) in [5, 5.41) is 3.20. The lowest BCUT2D eigenvalue weighted by Crippen LogP contribution is -2.46. The predicted molar refractivity (Wildman–Crippen MR) is 75.9 cm³/mol. The molecule has 0 aliphatic carbocycles. The average molecular weight is 287 g/mol. The molecule has 0 aliphatic rings. The Bertz CT molecular complexity index is 453. The summed E-state index contributed by atoms with van der Waals surface area (Å²) < 4.78 is 5.46. The van der Waals surface area contributed by atoms with Gasteiger partial charge in [0.05, 0.1) is 11.0 Å². The van der Waals surface area contributed by atoms with Crippen molar-refractivity contribution in [3.63, 3.8) is 0 Å². The summed E-state index contributed by atoms with van der Waals surface area (Å²) in [6.45, 7) is 3.36. The number of hydrogen-bond acceptors (Lipinski definition) is 3. The number of carbonyl (C=O) groups is 1. The predicted octanol–water partition coefficient (Wildman–Crippen LogP) is 1.90. The molecular formula is C12H15ClN2O2S. The molecule has 6 heteroatoms. The first kappa shape index (κ1) is 14.7. The fourth-order valence-corrected chi connectivity index (χ4v) is 1.44. The van der Waals surface area contributed by atoms with Crippen LogP contribution in [0.15, 0.2) is 24.3 Å². The lowest BCUT2D eigenvalue weighted by molar-refractivity contribution is -0.127. The van der Waals surface area contributed by atoms with Crippen LogP contribution in [-0.2, 0) is 4.79 Å². The summed E-state index contributed by atoms with van der Waals surface area (Å²) >= 11 is 10.6. The van der Waals surface area contributed by atoms with E-state index in [1.165, 1.54) is 0 Å². The summed E-state index contributed by atoms with van der Waals surface area (Å²) in [6.07, 6.45) is -0.653. The molecule has 1 aromatic rings. The van der Waals surface area contributed by atoms with E-state index in [0.717, 1.165) is 0 Å². The number of thiocarbonyl (C=S) groups is 1. The largest absolute Gasteiger partial charge is 0.481 e. The van der Waals surface area contributed by atoms with E-state index in [1.807, 2.05) is 0 Å². The highest BCUT2D eigenvalue weighted by molar-refractivity contribution is 7.80. The van der Waals surface area contributed by atoms with Crippen molar-refractivity contribution in [3.05, 3.63) is 29.3 Å². The number of amides is 1. The van der Waals surface area contributed by atoms with E-state index < -0.39 is 6.10 Å². The summed E-state index contributed by atoms with van der Waals surface area (Å²) in [7, 11) is 0. The zero-order valence-electron chi connectivity index (χ0n) is 10.1. The summed E-state index contributed by atoms with van der Waals surface area (Å²) in [5.74, 6) is 0.253. The molecule has 3 N–H and O–H groups in total. The standard InChI is InChI=1S/C12H15ClN2O2S/c1-7(11(14)18)15-12(16)8(2)17-10-5-3-4-9(13)6-10/h3-8H,1-2H3,(H2,14,18)(H,15,16). The number of nitrogens with two attached hydrogens (primary N) is 1. The van der Waals surface area contributed by atoms with E-state index in [-0.39, 0.29) is 16.9 Å². The minimum absolute atomic E-state index is 0.235. The van der Waals surface area contributed by atoms with Gasteiger partial charge in [-0.1, -0.05) is 29.9 Å². The average Bonchev–Trinajstić information content (AvgIpc) is 2.28. The highest BCUT2D eigenvalue weighted by Crippen LogP contribution is 2.18. The Balaban J connectivity index is 2.57. The molecule has 1 aromatic carbocycles. The maximum absolute atomic E-state index is 11.8. The normalized spacial score (nSPS) is 13.5. The Kier molecular flexibility index (Phi) is 5.37. The molecule has 98 valence electrons. The van der Waals surface area contributed by atoms with Gasteiger partial charge in [0.1, 0.15) is 5.75 Å². The van der Waals surface area contributed by atoms with Crippen LogP contribution in [0.3, 0.4) is 0 Å². The Labute approximate surface area is 116 Å². The van der Waals surface area contributed by atoms with Crippen molar-refractivity contribution in [2.45, 2.75) is 26.0 Å². The van der Waals surface area contributed by atoms with Crippen molar-refractivity contribution < 1.29 is 9.53 Å². The monoisotopic (exact) mass is 286 g/mol. The summed E-state index contributed by atoms with van der Waals surface area (Å²) in [6, 6.07) is 6.49. The molecule has 1 rings (SSSR count). The molecule has 18 heavy (non-hydrogen) atoms. The van der Waals surface area contributed by atoms with Gasteiger partial charge >= 0.3 is 0 Å². The van der Waals surface area contributed by atoms with Crippen LogP contribution in [0.2, 0.25) is 5.02 Å². The number of carbonyl (C=O) groups excluding carboxylic acids is 1. The summed E-state index contributed by atoms with van der Waals surface area (Å²) in [4.78, 5) is 12.0. The van der Waals surface area contributed by atoms with Crippen LogP contribution in [-0.4, -0.2) is 23.0 Å². The van der Waals surface area contributed by atoms with E-state index >= 15 is 0 Å². The lowest BCUT2D eigenvalue weighted by atomic mass is 10.3. The van der Waals surface area contributed by atoms with Gasteiger partial charge in [-0.05, 0) is 32.0 Å². The van der Waals surface area contributed by atoms with Gasteiger partial charge in [-0.3, -0.25) is 4.79 Å². The minimum Gasteiger partial charge on any atom is -0.481 e. The molecule has 2 atom stereocenters. The highest BCUT2D eigenvalue weighted by Gasteiger charge is 2.17. The Morgan fingerprint density at radius 2 is 2.17 bits per heavy atom. The molecule has 4 nitrogen and oxygen atoms in total. The minimum atomic E-state index is -0.653. The van der Waals surface area contributed by atoms with E-state index in [9.17, 15) is 4.79 Å². The first-order valence-electron chi connectivity index (χ1n) is 5.42. The van der Waals surface area contributed by atoms with Gasteiger partial charge in [0.25, 0.3) is 5.91 Å². The van der Waals surface area contributed by atoms with Gasteiger partial charge in [0, 0.05) is 5.02 Å². The first-order chi connectivity index (χ1) is 8.40. The van der Waals surface area contributed by atoms with Crippen molar-refractivity contribution in [1.82, 2.24) is 5.32 Å². The molecule has 0 aromatic heterocycles. The van der Waals surface area contributed by atoms with E-state index in [2.05, 4.69) is 5.32 Å². The van der Waals surface area contributed by atoms with Crippen LogP contribution in [0, 0.1) is 0 Å². The van der Waals surface area contributed by atoms with Crippen LogP contribution in [0.4, 0.5) is 0 Å². The molecular weight excluding hydrogens is 272 g/mol. The SMILES string of the molecule is CC(NC(=O)C(C)Oc1cccc(Cl)c1)C(N)=S. The highest BCUT2D eigenvalue weighted by atomic mass is 35.5. The number of nitrogens with one attached hydrogen (secondary N) is 1. The maximum atomic E-state index is 11.8. The van der Waals surface area contributed by atoms with Gasteiger partial charge < -0.3 is 15.8 Å². The van der Waals surface area contributed by atoms with Gasteiger partial charge in [0.2, 0.25) is 0 Å². The van der Waals surface area contributed by atoms with Crippen molar-refractivity contribution in [1.29, 1.82) is 0 Å². The fraction of sp³-hybridized carbons (Fsp3) is 0.333. The Morgan fingerprint density at radius 3 is 2.72 bits per heavy atom. The van der Waals surface area contributed by atoms with Crippen LogP contribution >= 0.6 is 23.8 Å². The van der Waals surface area contributed by atoms with Gasteiger partial charge in [-0.2, -0.15) is 0 Å². The van der Waals surface area contributed by atoms with Gasteiger partial charge in [0.15, 0.2) is 6.10 Å². The van der Waals surface area contributed by atoms with Crippen molar-refractivity contribution in [2.24, 2.45) is 5.73 Å². The Hall–Kier alpha value is -1.33. The fourth-order valence-electron chi connectivity index (χ4n) is 1.20. The van der Waals surface area contributed by atoms with Crippen LogP contribution in [0.25, 0.3) is 0 Å². The van der Waals surface area contributed by atoms with Gasteiger partial charge in [-0.25, -0.2) is 0 Å². The molecule has 0 bridgehead atoms. The smallest absolute Gasteiger partial charge is 0.261 e. The third-order valence-electron chi connectivity index (χ3n) is 2.26. The number of hydrogen-bond donors (Lipinski definition) is 2. The number of rotatable bonds is 5. The number of halogens is 1. The molecule has 2 unspecified atom stereocenters. The number of ether oxygens (including phenoxy) is 1. The van der Waals surface area contributed by atoms with Crippen LogP contribution in [0.5, 0.6) is 5.75 Å². The topological polar surface area (TPSA) is 64.3 Å². The second-order valence-electron chi connectivity index (χ2n) is 3.85. The molecule has 0 saturated heterocycles. The third kappa shape index (κ3) is 4.50. The molecule has 0 aliphatic heterocycles. The third-order valence-corrected chi connectivity index (χ3v) is 2.85. The second-order valence-corrected chi connectivity index (χ2v) is 4.76.